The number of nitrogens with two attached hydrogens (primary N) is 2. The Bertz CT molecular complexity index is 785. The molecule has 0 aliphatic rings. The van der Waals surface area contributed by atoms with Crippen molar-refractivity contribution in [3.63, 3.8) is 0 Å². The number of hydrogen-bond acceptors (Lipinski definition) is 3. The second kappa shape index (κ2) is 10.0. The average molecular weight is 388 g/mol. The first-order valence-electron chi connectivity index (χ1n) is 10.1. The van der Waals surface area contributed by atoms with Gasteiger partial charge in [0.1, 0.15) is 5.54 Å². The van der Waals surface area contributed by atoms with Crippen molar-refractivity contribution in [2.75, 3.05) is 6.54 Å². The lowest BCUT2D eigenvalue weighted by atomic mass is 9.76. The molecular formula is C25H29N3O. The summed E-state index contributed by atoms with van der Waals surface area (Å²) in [6, 6.07) is 29.5. The SMILES string of the molecule is NCCCC[C@H](N)C(=O)NC(c1ccccc1)(c1ccccc1)c1ccccc1. The van der Waals surface area contributed by atoms with E-state index in [4.69, 9.17) is 11.5 Å². The molecule has 5 N–H and O–H groups in total. The molecule has 0 radical (unpaired) electrons. The Morgan fingerprint density at radius 1 is 0.759 bits per heavy atom. The summed E-state index contributed by atoms with van der Waals surface area (Å²) in [7, 11) is 0. The molecule has 150 valence electrons. The Morgan fingerprint density at radius 3 is 1.55 bits per heavy atom. The number of rotatable bonds is 9. The summed E-state index contributed by atoms with van der Waals surface area (Å²) >= 11 is 0. The summed E-state index contributed by atoms with van der Waals surface area (Å²) in [5, 5.41) is 3.31. The lowest BCUT2D eigenvalue weighted by Crippen LogP contribution is -2.53. The Hall–Kier alpha value is -2.95. The van der Waals surface area contributed by atoms with Gasteiger partial charge in [-0.1, -0.05) is 97.4 Å². The van der Waals surface area contributed by atoms with Gasteiger partial charge in [0.2, 0.25) is 5.91 Å². The fourth-order valence-electron chi connectivity index (χ4n) is 3.70. The maximum absolute atomic E-state index is 13.2. The summed E-state index contributed by atoms with van der Waals surface area (Å²) < 4.78 is 0. The summed E-state index contributed by atoms with van der Waals surface area (Å²) in [5.74, 6) is -0.168. The van der Waals surface area contributed by atoms with Crippen molar-refractivity contribution in [3.05, 3.63) is 108 Å². The summed E-state index contributed by atoms with van der Waals surface area (Å²) in [5.41, 5.74) is 14.0. The van der Waals surface area contributed by atoms with Gasteiger partial charge in [-0.3, -0.25) is 4.79 Å². The highest BCUT2D eigenvalue weighted by Gasteiger charge is 2.38. The number of carbonyl (C=O) groups is 1. The second-order valence-corrected chi connectivity index (χ2v) is 7.23. The van der Waals surface area contributed by atoms with Crippen LogP contribution in [0.5, 0.6) is 0 Å². The van der Waals surface area contributed by atoms with Crippen LogP contribution in [0.3, 0.4) is 0 Å². The van der Waals surface area contributed by atoms with E-state index in [0.29, 0.717) is 13.0 Å². The zero-order valence-corrected chi connectivity index (χ0v) is 16.6. The molecular weight excluding hydrogens is 358 g/mol. The highest BCUT2D eigenvalue weighted by atomic mass is 16.2. The quantitative estimate of drug-likeness (QED) is 0.388. The van der Waals surface area contributed by atoms with Crippen molar-refractivity contribution >= 4 is 5.91 Å². The lowest BCUT2D eigenvalue weighted by molar-refractivity contribution is -0.123. The van der Waals surface area contributed by atoms with Crippen molar-refractivity contribution in [2.45, 2.75) is 30.8 Å². The zero-order chi connectivity index (χ0) is 20.5. The summed E-state index contributed by atoms with van der Waals surface area (Å²) in [4.78, 5) is 13.2. The molecule has 1 atom stereocenters. The minimum absolute atomic E-state index is 0.168. The first-order chi connectivity index (χ1) is 14.2. The number of hydrogen-bond donors (Lipinski definition) is 3. The number of unbranched alkanes of at least 4 members (excludes halogenated alkanes) is 1. The van der Waals surface area contributed by atoms with Crippen molar-refractivity contribution in [1.29, 1.82) is 0 Å². The van der Waals surface area contributed by atoms with Crippen LogP contribution in [-0.4, -0.2) is 18.5 Å². The Morgan fingerprint density at radius 2 is 1.17 bits per heavy atom. The predicted molar refractivity (Wildman–Crippen MR) is 118 cm³/mol. The molecule has 4 nitrogen and oxygen atoms in total. The highest BCUT2D eigenvalue weighted by molar-refractivity contribution is 5.84. The third-order valence-corrected chi connectivity index (χ3v) is 5.24. The maximum Gasteiger partial charge on any atom is 0.238 e. The van der Waals surface area contributed by atoms with Gasteiger partial charge >= 0.3 is 0 Å². The zero-order valence-electron chi connectivity index (χ0n) is 16.6. The van der Waals surface area contributed by atoms with Gasteiger partial charge in [-0.25, -0.2) is 0 Å². The number of carbonyl (C=O) groups excluding carboxylic acids is 1. The van der Waals surface area contributed by atoms with Crippen molar-refractivity contribution < 1.29 is 4.79 Å². The molecule has 0 unspecified atom stereocenters. The smallest absolute Gasteiger partial charge is 0.238 e. The molecule has 3 aromatic rings. The average Bonchev–Trinajstić information content (AvgIpc) is 2.79. The fraction of sp³-hybridized carbons (Fsp3) is 0.240. The van der Waals surface area contributed by atoms with Gasteiger partial charge in [0.25, 0.3) is 0 Å². The van der Waals surface area contributed by atoms with Crippen LogP contribution in [0.25, 0.3) is 0 Å². The lowest BCUT2D eigenvalue weighted by Gasteiger charge is -2.37. The number of amides is 1. The van der Waals surface area contributed by atoms with Gasteiger partial charge in [0.05, 0.1) is 6.04 Å². The van der Waals surface area contributed by atoms with Crippen LogP contribution in [0.1, 0.15) is 36.0 Å². The van der Waals surface area contributed by atoms with E-state index in [-0.39, 0.29) is 5.91 Å². The molecule has 0 saturated carbocycles. The molecule has 0 bridgehead atoms. The van der Waals surface area contributed by atoms with E-state index in [1.54, 1.807) is 0 Å². The van der Waals surface area contributed by atoms with Crippen LogP contribution in [0, 0.1) is 0 Å². The molecule has 3 rings (SSSR count). The van der Waals surface area contributed by atoms with Crippen LogP contribution in [-0.2, 0) is 10.3 Å². The molecule has 0 aromatic heterocycles. The Kier molecular flexibility index (Phi) is 7.17. The van der Waals surface area contributed by atoms with Crippen LogP contribution in [0.2, 0.25) is 0 Å². The molecule has 29 heavy (non-hydrogen) atoms. The van der Waals surface area contributed by atoms with E-state index < -0.39 is 11.6 Å². The van der Waals surface area contributed by atoms with E-state index >= 15 is 0 Å². The van der Waals surface area contributed by atoms with Gasteiger partial charge in [0, 0.05) is 0 Å². The molecule has 0 spiro atoms. The van der Waals surface area contributed by atoms with Crippen molar-refractivity contribution in [3.8, 4) is 0 Å². The first-order valence-corrected chi connectivity index (χ1v) is 10.1. The van der Waals surface area contributed by atoms with Gasteiger partial charge in [-0.05, 0) is 36.1 Å². The van der Waals surface area contributed by atoms with Crippen LogP contribution in [0.4, 0.5) is 0 Å². The summed E-state index contributed by atoms with van der Waals surface area (Å²) in [6.07, 6.45) is 2.31. The van der Waals surface area contributed by atoms with Gasteiger partial charge in [0.15, 0.2) is 0 Å². The van der Waals surface area contributed by atoms with E-state index in [9.17, 15) is 4.79 Å². The van der Waals surface area contributed by atoms with E-state index in [1.807, 2.05) is 91.0 Å². The standard InChI is InChI=1S/C25H29N3O/c26-19-11-10-18-23(27)24(29)28-25(20-12-4-1-5-13-20,21-14-6-2-7-15-21)22-16-8-3-9-17-22/h1-9,12-17,23H,10-11,18-19,26-27H2,(H,28,29)/t23-/m0/s1. The van der Waals surface area contributed by atoms with Crippen molar-refractivity contribution in [1.82, 2.24) is 5.32 Å². The van der Waals surface area contributed by atoms with E-state index in [0.717, 1.165) is 29.5 Å². The minimum Gasteiger partial charge on any atom is -0.337 e. The molecule has 3 aromatic carbocycles. The van der Waals surface area contributed by atoms with E-state index in [2.05, 4.69) is 5.32 Å². The number of benzene rings is 3. The topological polar surface area (TPSA) is 81.1 Å². The third kappa shape index (κ3) is 4.73. The van der Waals surface area contributed by atoms with Gasteiger partial charge in [-0.15, -0.1) is 0 Å². The maximum atomic E-state index is 13.2. The Balaban J connectivity index is 2.09. The second-order valence-electron chi connectivity index (χ2n) is 7.23. The monoisotopic (exact) mass is 387 g/mol. The predicted octanol–water partition coefficient (Wildman–Crippen LogP) is 3.55. The fourth-order valence-corrected chi connectivity index (χ4v) is 3.70. The molecule has 0 heterocycles. The minimum atomic E-state index is -0.827. The number of nitrogens with one attached hydrogen (secondary N) is 1. The normalized spacial score (nSPS) is 12.3. The molecule has 4 heteroatoms. The van der Waals surface area contributed by atoms with E-state index in [1.165, 1.54) is 0 Å². The molecule has 1 amide bonds. The van der Waals surface area contributed by atoms with Crippen molar-refractivity contribution in [2.24, 2.45) is 11.5 Å². The van der Waals surface area contributed by atoms with Crippen LogP contribution in [0.15, 0.2) is 91.0 Å². The van der Waals surface area contributed by atoms with Crippen LogP contribution < -0.4 is 16.8 Å². The Labute approximate surface area is 172 Å². The van der Waals surface area contributed by atoms with Gasteiger partial charge < -0.3 is 16.8 Å². The summed E-state index contributed by atoms with van der Waals surface area (Å²) in [6.45, 7) is 0.607. The largest absolute Gasteiger partial charge is 0.337 e. The molecule has 0 aliphatic carbocycles. The van der Waals surface area contributed by atoms with Gasteiger partial charge in [-0.2, -0.15) is 0 Å². The first kappa shape index (κ1) is 20.8. The third-order valence-electron chi connectivity index (χ3n) is 5.24. The molecule has 0 aliphatic heterocycles. The molecule has 0 fully saturated rings. The molecule has 0 saturated heterocycles. The highest BCUT2D eigenvalue weighted by Crippen LogP contribution is 2.36. The van der Waals surface area contributed by atoms with Crippen LogP contribution >= 0.6 is 0 Å².